The molecule has 0 aromatic carbocycles. The molecular weight excluding hydrogens is 230 g/mol. The van der Waals surface area contributed by atoms with Gasteiger partial charge in [0, 0.05) is 20.6 Å². The van der Waals surface area contributed by atoms with E-state index in [0.717, 1.165) is 4.90 Å². The van der Waals surface area contributed by atoms with Gasteiger partial charge in [-0.15, -0.1) is 0 Å². The van der Waals surface area contributed by atoms with E-state index in [2.05, 4.69) is 9.47 Å². The van der Waals surface area contributed by atoms with E-state index in [1.807, 2.05) is 0 Å². The van der Waals surface area contributed by atoms with Gasteiger partial charge < -0.3 is 18.9 Å². The number of hydrogen-bond acceptors (Lipinski definition) is 6. The van der Waals surface area contributed by atoms with Gasteiger partial charge in [0.15, 0.2) is 5.79 Å². The maximum atomic E-state index is 11.7. The van der Waals surface area contributed by atoms with Crippen LogP contribution in [0.15, 0.2) is 0 Å². The molecule has 1 aliphatic heterocycles. The first-order chi connectivity index (χ1) is 9.03. The van der Waals surface area contributed by atoms with E-state index in [0.29, 0.717) is 0 Å². The highest BCUT2D eigenvalue weighted by Crippen LogP contribution is 2.31. The van der Waals surface area contributed by atoms with Crippen molar-refractivity contribution in [2.45, 2.75) is 18.2 Å². The van der Waals surface area contributed by atoms with Gasteiger partial charge in [0.05, 0.1) is 23.5 Å². The number of esters is 1. The van der Waals surface area contributed by atoms with E-state index < -0.39 is 38.1 Å². The van der Waals surface area contributed by atoms with Gasteiger partial charge in [-0.05, 0) is 0 Å². The molecule has 0 N–H and O–H groups in total. The fraction of sp³-hybridized carbons (Fsp3) is 0.800. The highest BCUT2D eigenvalue weighted by atomic mass is 16.7. The predicted molar refractivity (Wildman–Crippen MR) is 56.3 cm³/mol. The molecule has 0 aliphatic carbocycles. The predicted octanol–water partition coefficient (Wildman–Crippen LogP) is -0.0108. The van der Waals surface area contributed by atoms with Gasteiger partial charge in [-0.1, -0.05) is 0 Å². The van der Waals surface area contributed by atoms with Crippen molar-refractivity contribution in [1.82, 2.24) is 4.90 Å². The second kappa shape index (κ2) is 5.33. The van der Waals surface area contributed by atoms with Gasteiger partial charge in [-0.25, -0.2) is 9.59 Å². The molecule has 0 radical (unpaired) electrons. The van der Waals surface area contributed by atoms with Crippen molar-refractivity contribution in [2.75, 3.05) is 34.9 Å². The van der Waals surface area contributed by atoms with Gasteiger partial charge in [0.2, 0.25) is 0 Å². The minimum absolute atomic E-state index is 0.00741. The van der Waals surface area contributed by atoms with Crippen LogP contribution in [-0.2, 0) is 23.7 Å². The summed E-state index contributed by atoms with van der Waals surface area (Å²) in [7, 11) is 1.56. The third-order valence-electron chi connectivity index (χ3n) is 2.70. The lowest BCUT2D eigenvalue weighted by atomic mass is 10.1. The Hall–Kier alpha value is -1.34. The second-order valence-corrected chi connectivity index (χ2v) is 3.54. The van der Waals surface area contributed by atoms with Crippen LogP contribution in [0.25, 0.3) is 0 Å². The van der Waals surface area contributed by atoms with Crippen LogP contribution in [0.2, 0.25) is 0 Å². The molecule has 0 unspecified atom stereocenters. The molecule has 98 valence electrons. The maximum Gasteiger partial charge on any atom is 0.410 e. The van der Waals surface area contributed by atoms with E-state index in [4.69, 9.17) is 12.2 Å². The molecule has 7 heteroatoms. The molecule has 17 heavy (non-hydrogen) atoms. The molecule has 0 bridgehead atoms. The topological polar surface area (TPSA) is 74.3 Å². The maximum absolute atomic E-state index is 11.7. The van der Waals surface area contributed by atoms with Gasteiger partial charge in [0.25, 0.3) is 0 Å². The molecule has 1 rings (SSSR count). The molecule has 7 nitrogen and oxygen atoms in total. The lowest BCUT2D eigenvalue weighted by Gasteiger charge is -2.25. The highest BCUT2D eigenvalue weighted by molar-refractivity contribution is 5.82. The van der Waals surface area contributed by atoms with Crippen molar-refractivity contribution < 1.29 is 31.3 Å². The van der Waals surface area contributed by atoms with Crippen molar-refractivity contribution >= 4 is 12.1 Å². The first-order valence-corrected chi connectivity index (χ1v) is 4.82. The summed E-state index contributed by atoms with van der Waals surface area (Å²) in [4.78, 5) is 24.4. The van der Waals surface area contributed by atoms with Gasteiger partial charge >= 0.3 is 12.1 Å². The lowest BCUT2D eigenvalue weighted by molar-refractivity contribution is -0.195. The van der Waals surface area contributed by atoms with Crippen LogP contribution in [0.5, 0.6) is 0 Å². The summed E-state index contributed by atoms with van der Waals surface area (Å²) in [6.45, 7) is -0.100. The Labute approximate surface area is 102 Å². The summed E-state index contributed by atoms with van der Waals surface area (Å²) in [6.07, 6.45) is -0.730. The van der Waals surface area contributed by atoms with E-state index in [9.17, 15) is 9.59 Å². The van der Waals surface area contributed by atoms with Crippen LogP contribution in [0.3, 0.4) is 0 Å². The highest BCUT2D eigenvalue weighted by Gasteiger charge is 2.50. The number of carbonyl (C=O) groups excluding carboxylic acids is 2. The fourth-order valence-electron chi connectivity index (χ4n) is 1.75. The van der Waals surface area contributed by atoms with Crippen LogP contribution in [0, 0.1) is 0 Å². The standard InChI is InChI=1S/C10H17NO6/c1-14-8(12)7-5-10(16-3,17-4)6-11(7)9(13)15-2/h7H,5-6H2,1-4H3/t7-/m0/s1/i3D,4D. The largest absolute Gasteiger partial charge is 0.467 e. The first-order valence-electron chi connectivity index (χ1n) is 6.23. The van der Waals surface area contributed by atoms with Gasteiger partial charge in [-0.2, -0.15) is 0 Å². The summed E-state index contributed by atoms with van der Waals surface area (Å²) < 4.78 is 33.7. The average Bonchev–Trinajstić information content (AvgIpc) is 2.77. The van der Waals surface area contributed by atoms with Crippen molar-refractivity contribution in [3.63, 3.8) is 0 Å². The zero-order chi connectivity index (χ0) is 14.5. The number of carbonyl (C=O) groups is 2. The van der Waals surface area contributed by atoms with Crippen molar-refractivity contribution in [3.05, 3.63) is 0 Å². The Morgan fingerprint density at radius 3 is 2.41 bits per heavy atom. The minimum Gasteiger partial charge on any atom is -0.467 e. The second-order valence-electron chi connectivity index (χ2n) is 3.54. The van der Waals surface area contributed by atoms with Gasteiger partial charge in [0.1, 0.15) is 6.04 Å². The SMILES string of the molecule is [2H]COC1(OC[2H])C[C@@H](C(=O)OC)N(C(=O)OC)C1. The Morgan fingerprint density at radius 2 is 1.94 bits per heavy atom. The van der Waals surface area contributed by atoms with Crippen molar-refractivity contribution in [2.24, 2.45) is 0 Å². The van der Waals surface area contributed by atoms with Crippen LogP contribution in [0.4, 0.5) is 4.79 Å². The third-order valence-corrected chi connectivity index (χ3v) is 2.70. The molecule has 0 aromatic rings. The monoisotopic (exact) mass is 249 g/mol. The van der Waals surface area contributed by atoms with E-state index in [1.165, 1.54) is 14.2 Å². The van der Waals surface area contributed by atoms with Crippen LogP contribution >= 0.6 is 0 Å². The van der Waals surface area contributed by atoms with Crippen LogP contribution < -0.4 is 0 Å². The fourth-order valence-corrected chi connectivity index (χ4v) is 1.75. The number of rotatable bonds is 3. The number of hydrogen-bond donors (Lipinski definition) is 0. The summed E-state index contributed by atoms with van der Waals surface area (Å²) >= 11 is 0. The van der Waals surface area contributed by atoms with E-state index in [1.54, 1.807) is 0 Å². The molecule has 1 fully saturated rings. The molecule has 1 saturated heterocycles. The summed E-state index contributed by atoms with van der Waals surface area (Å²) in [5.41, 5.74) is 0. The summed E-state index contributed by atoms with van der Waals surface area (Å²) in [5.74, 6) is -1.98. The molecule has 1 amide bonds. The minimum atomic E-state index is -1.35. The number of ether oxygens (including phenoxy) is 4. The smallest absolute Gasteiger partial charge is 0.410 e. The van der Waals surface area contributed by atoms with Crippen molar-refractivity contribution in [3.8, 4) is 0 Å². The normalized spacial score (nSPS) is 23.9. The molecular formula is C10H17NO6. The zero-order valence-corrected chi connectivity index (χ0v) is 9.80. The number of amides is 1. The van der Waals surface area contributed by atoms with Crippen LogP contribution in [-0.4, -0.2) is 63.7 Å². The Kier molecular flexibility index (Phi) is 3.38. The van der Waals surface area contributed by atoms with Crippen LogP contribution in [0.1, 0.15) is 9.16 Å². The lowest BCUT2D eigenvalue weighted by Crippen LogP contribution is -2.42. The summed E-state index contributed by atoms with van der Waals surface area (Å²) in [5, 5.41) is 0. The molecule has 1 atom stereocenters. The summed E-state index contributed by atoms with van der Waals surface area (Å²) in [6, 6.07) is -0.921. The van der Waals surface area contributed by atoms with Crippen molar-refractivity contribution in [1.29, 1.82) is 0 Å². The Morgan fingerprint density at radius 1 is 1.29 bits per heavy atom. The van der Waals surface area contributed by atoms with Gasteiger partial charge in [-0.3, -0.25) is 4.90 Å². The molecule has 1 aliphatic rings. The number of nitrogens with zero attached hydrogens (tertiary/aromatic N) is 1. The quantitative estimate of drug-likeness (QED) is 0.517. The molecule has 0 spiro atoms. The van der Waals surface area contributed by atoms with E-state index in [-0.39, 0.29) is 13.0 Å². The Balaban J connectivity index is 2.96. The average molecular weight is 249 g/mol. The Bertz CT molecular complexity index is 308. The number of likely N-dealkylation sites (tertiary alicyclic amines) is 1. The first kappa shape index (κ1) is 10.8. The van der Waals surface area contributed by atoms with E-state index >= 15 is 0 Å². The number of methoxy groups -OCH3 is 4. The molecule has 0 saturated carbocycles. The molecule has 1 heterocycles. The third kappa shape index (κ3) is 2.50. The molecule has 0 aromatic heterocycles. The zero-order valence-electron chi connectivity index (χ0n) is 11.8.